The number of carbonyl (C=O) groups is 6. The molecule has 2 N–H and O–H groups in total. The first-order valence-corrected chi connectivity index (χ1v) is 16.3. The molecule has 0 spiro atoms. The molecule has 11 heteroatoms. The minimum absolute atomic E-state index is 0.134. The van der Waals surface area contributed by atoms with Crippen LogP contribution < -0.4 is 0 Å². The average molecular weight is 601 g/mol. The molecule has 0 aliphatic rings. The molecule has 0 unspecified atom stereocenters. The van der Waals surface area contributed by atoms with Crippen LogP contribution in [0.25, 0.3) is 0 Å². The predicted molar refractivity (Wildman–Crippen MR) is 155 cm³/mol. The van der Waals surface area contributed by atoms with Gasteiger partial charge in [-0.25, -0.2) is 4.57 Å². The maximum atomic E-state index is 12.0. The van der Waals surface area contributed by atoms with Crippen molar-refractivity contribution < 1.29 is 47.6 Å². The third-order valence-corrected chi connectivity index (χ3v) is 8.49. The summed E-state index contributed by atoms with van der Waals surface area (Å²) in [7, 11) is -5.22. The van der Waals surface area contributed by atoms with Crippen molar-refractivity contribution in [1.82, 2.24) is 0 Å². The Bertz CT molecular complexity index is 856. The molecule has 41 heavy (non-hydrogen) atoms. The number of hydrogen-bond acceptors (Lipinski definition) is 8. The molecule has 0 saturated heterocycles. The first kappa shape index (κ1) is 38.7. The van der Waals surface area contributed by atoms with Crippen LogP contribution in [0.2, 0.25) is 0 Å². The summed E-state index contributed by atoms with van der Waals surface area (Å²) >= 11 is 0. The van der Waals surface area contributed by atoms with E-state index < -0.39 is 50.1 Å². The molecule has 0 aromatic rings. The van der Waals surface area contributed by atoms with E-state index in [1.807, 2.05) is 0 Å². The molecule has 0 amide bonds. The van der Waals surface area contributed by atoms with Crippen molar-refractivity contribution in [2.24, 2.45) is 10.8 Å². The van der Waals surface area contributed by atoms with Crippen molar-refractivity contribution in [2.75, 3.05) is 0 Å². The summed E-state index contributed by atoms with van der Waals surface area (Å²) in [6.07, 6.45) is 13.5. The summed E-state index contributed by atoms with van der Waals surface area (Å²) in [5.41, 5.74) is -3.13. The summed E-state index contributed by atoms with van der Waals surface area (Å²) in [5.74, 6) is -0.542. The lowest BCUT2D eigenvalue weighted by atomic mass is 9.52. The van der Waals surface area contributed by atoms with Crippen molar-refractivity contribution in [1.29, 1.82) is 0 Å². The third kappa shape index (κ3) is 14.0. The topological polar surface area (TPSA) is 169 Å². The largest absolute Gasteiger partial charge is 0.524 e. The summed E-state index contributed by atoms with van der Waals surface area (Å²) in [5, 5.41) is 0. The van der Waals surface area contributed by atoms with E-state index >= 15 is 0 Å². The van der Waals surface area contributed by atoms with Crippen LogP contribution in [-0.4, -0.2) is 47.5 Å². The molecule has 0 aromatic carbocycles. The Hall–Kier alpha value is -2.29. The first-order valence-electron chi connectivity index (χ1n) is 14.8. The van der Waals surface area contributed by atoms with E-state index in [4.69, 9.17) is 4.52 Å². The summed E-state index contributed by atoms with van der Waals surface area (Å²) in [6.45, 7) is 2.19. The van der Waals surface area contributed by atoms with Crippen molar-refractivity contribution in [3.8, 4) is 0 Å². The van der Waals surface area contributed by atoms with Crippen LogP contribution in [0.1, 0.15) is 129 Å². The Kier molecular flexibility index (Phi) is 21.1. The van der Waals surface area contributed by atoms with Crippen LogP contribution in [0.15, 0.2) is 11.3 Å². The highest BCUT2D eigenvalue weighted by Crippen LogP contribution is 2.58. The molecule has 0 aromatic heterocycles. The van der Waals surface area contributed by atoms with Crippen molar-refractivity contribution in [3.63, 3.8) is 0 Å². The van der Waals surface area contributed by atoms with E-state index in [9.17, 15) is 43.1 Å². The minimum Gasteiger partial charge on any atom is -0.408 e. The molecule has 0 bridgehead atoms. The zero-order chi connectivity index (χ0) is 31.0. The van der Waals surface area contributed by atoms with Crippen LogP contribution in [0.4, 0.5) is 0 Å². The Morgan fingerprint density at radius 3 is 1.39 bits per heavy atom. The fraction of sp³-hybridized carbons (Fsp3) is 0.733. The minimum atomic E-state index is -5.22. The van der Waals surface area contributed by atoms with Crippen LogP contribution >= 0.6 is 7.82 Å². The number of carbonyl (C=O) groups excluding carboxylic acids is 6. The first-order chi connectivity index (χ1) is 19.7. The van der Waals surface area contributed by atoms with Crippen molar-refractivity contribution >= 4 is 45.5 Å². The van der Waals surface area contributed by atoms with Gasteiger partial charge in [0.05, 0.1) is 6.42 Å². The molecule has 0 radical (unpaired) electrons. The lowest BCUT2D eigenvalue weighted by Gasteiger charge is -2.50. The summed E-state index contributed by atoms with van der Waals surface area (Å²) in [6, 6.07) is 0. The lowest BCUT2D eigenvalue weighted by molar-refractivity contribution is -0.125. The highest BCUT2D eigenvalue weighted by atomic mass is 31.2. The fourth-order valence-electron chi connectivity index (χ4n) is 6.00. The summed E-state index contributed by atoms with van der Waals surface area (Å²) in [4.78, 5) is 90.2. The molecule has 0 rings (SSSR count). The third-order valence-electron chi connectivity index (χ3n) is 8.04. The SMILES string of the molecule is CCCCCCCCCCCCCCC(CC=O)(CC=O)C(CC=O)(CC=O)C(CC=O)=C(CC=O)OP(=O)(O)O. The van der Waals surface area contributed by atoms with Crippen LogP contribution in [-0.2, 0) is 37.9 Å². The molecule has 234 valence electrons. The maximum Gasteiger partial charge on any atom is 0.524 e. The van der Waals surface area contributed by atoms with E-state index in [0.29, 0.717) is 44.1 Å². The van der Waals surface area contributed by atoms with Gasteiger partial charge < -0.3 is 33.3 Å². The van der Waals surface area contributed by atoms with Gasteiger partial charge in [-0.1, -0.05) is 84.0 Å². The lowest BCUT2D eigenvalue weighted by Crippen LogP contribution is -2.46. The zero-order valence-electron chi connectivity index (χ0n) is 24.5. The van der Waals surface area contributed by atoms with Gasteiger partial charge in [0.1, 0.15) is 43.5 Å². The Labute approximate surface area is 244 Å². The van der Waals surface area contributed by atoms with Gasteiger partial charge in [-0.05, 0) is 17.4 Å². The second-order valence-corrected chi connectivity index (χ2v) is 11.9. The van der Waals surface area contributed by atoms with Gasteiger partial charge in [0, 0.05) is 37.5 Å². The highest BCUT2D eigenvalue weighted by molar-refractivity contribution is 7.46. The molecule has 0 aliphatic carbocycles. The number of allylic oxidation sites excluding steroid dienone is 2. The van der Waals surface area contributed by atoms with Gasteiger partial charge in [0.15, 0.2) is 0 Å². The van der Waals surface area contributed by atoms with Gasteiger partial charge in [-0.15, -0.1) is 0 Å². The molecule has 0 aliphatic heterocycles. The number of phosphoric acid groups is 1. The quantitative estimate of drug-likeness (QED) is 0.0453. The van der Waals surface area contributed by atoms with E-state index in [2.05, 4.69) is 6.92 Å². The average Bonchev–Trinajstić information content (AvgIpc) is 2.91. The highest BCUT2D eigenvalue weighted by Gasteiger charge is 2.53. The van der Waals surface area contributed by atoms with Gasteiger partial charge in [-0.2, -0.15) is 0 Å². The molecular weight excluding hydrogens is 551 g/mol. The Balaban J connectivity index is 6.17. The standard InChI is InChI=1S/C30H49O10P/c1-2-3-4-5-6-7-8-9-10-11-12-13-16-29(17-23-33,18-24-34)30(19-25-35,20-26-36)27(14-21-31)28(15-22-32)40-41(37,38)39/h21-26H,2-20H2,1H3,(H2,37,38,39). The van der Waals surface area contributed by atoms with Gasteiger partial charge >= 0.3 is 7.82 Å². The number of rotatable bonds is 29. The predicted octanol–water partition coefficient (Wildman–Crippen LogP) is 5.95. The molecule has 0 fully saturated rings. The maximum absolute atomic E-state index is 12.0. The van der Waals surface area contributed by atoms with E-state index in [-0.39, 0.29) is 24.8 Å². The van der Waals surface area contributed by atoms with Crippen LogP contribution in [0.3, 0.4) is 0 Å². The van der Waals surface area contributed by atoms with Crippen LogP contribution in [0.5, 0.6) is 0 Å². The number of phosphoric ester groups is 1. The van der Waals surface area contributed by atoms with E-state index in [1.54, 1.807) is 0 Å². The second-order valence-electron chi connectivity index (χ2n) is 10.7. The molecule has 0 heterocycles. The number of unbranched alkanes of at least 4 members (excludes halogenated alkanes) is 11. The summed E-state index contributed by atoms with van der Waals surface area (Å²) < 4.78 is 16.6. The van der Waals surface area contributed by atoms with E-state index in [1.165, 1.54) is 38.5 Å². The number of hydrogen-bond donors (Lipinski definition) is 2. The van der Waals surface area contributed by atoms with Crippen LogP contribution in [0, 0.1) is 10.8 Å². The van der Waals surface area contributed by atoms with Crippen molar-refractivity contribution in [2.45, 2.75) is 129 Å². The Morgan fingerprint density at radius 2 is 1.02 bits per heavy atom. The van der Waals surface area contributed by atoms with Gasteiger partial charge in [-0.3, -0.25) is 9.79 Å². The molecule has 10 nitrogen and oxygen atoms in total. The normalized spacial score (nSPS) is 12.8. The molecule has 0 saturated carbocycles. The smallest absolute Gasteiger partial charge is 0.408 e. The second kappa shape index (κ2) is 22.3. The van der Waals surface area contributed by atoms with E-state index in [0.717, 1.165) is 32.1 Å². The monoisotopic (exact) mass is 600 g/mol. The van der Waals surface area contributed by atoms with Gasteiger partial charge in [0.25, 0.3) is 0 Å². The Morgan fingerprint density at radius 1 is 0.610 bits per heavy atom. The van der Waals surface area contributed by atoms with Gasteiger partial charge in [0.2, 0.25) is 0 Å². The molecular formula is C30H49O10P. The van der Waals surface area contributed by atoms with Crippen molar-refractivity contribution in [3.05, 3.63) is 11.3 Å². The molecule has 0 atom stereocenters. The zero-order valence-corrected chi connectivity index (χ0v) is 25.4. The number of aldehydes is 6. The fourth-order valence-corrected chi connectivity index (χ4v) is 6.47.